The molecule has 1 aliphatic rings. The molecule has 1 aromatic heterocycles. The van der Waals surface area contributed by atoms with Crippen molar-refractivity contribution < 1.29 is 14.3 Å². The van der Waals surface area contributed by atoms with Crippen LogP contribution in [-0.4, -0.2) is 41.0 Å². The van der Waals surface area contributed by atoms with Gasteiger partial charge in [0.05, 0.1) is 13.5 Å². The topological polar surface area (TPSA) is 62.4 Å². The van der Waals surface area contributed by atoms with Gasteiger partial charge in [-0.3, -0.25) is 4.79 Å². The summed E-state index contributed by atoms with van der Waals surface area (Å²) in [7, 11) is 1.36. The molecule has 0 aliphatic heterocycles. The highest BCUT2D eigenvalue weighted by molar-refractivity contribution is 5.91. The predicted molar refractivity (Wildman–Crippen MR) is 83.3 cm³/mol. The van der Waals surface area contributed by atoms with Crippen molar-refractivity contribution in [3.05, 3.63) is 36.0 Å². The summed E-state index contributed by atoms with van der Waals surface area (Å²) in [4.78, 5) is 29.4. The first-order valence-electron chi connectivity index (χ1n) is 7.55. The number of hydrogen-bond acceptors (Lipinski definition) is 3. The summed E-state index contributed by atoms with van der Waals surface area (Å²) >= 11 is 0. The molecule has 3 rings (SSSR count). The molecule has 1 atom stereocenters. The van der Waals surface area contributed by atoms with Crippen molar-refractivity contribution in [1.29, 1.82) is 0 Å². The third-order valence-electron chi connectivity index (χ3n) is 4.20. The highest BCUT2D eigenvalue weighted by atomic mass is 16.5. The molecule has 1 amide bonds. The molecule has 1 aromatic carbocycles. The average molecular weight is 300 g/mol. The molecule has 0 saturated heterocycles. The highest BCUT2D eigenvalue weighted by Crippen LogP contribution is 2.30. The minimum Gasteiger partial charge on any atom is -0.467 e. The number of nitrogens with zero attached hydrogens (tertiary/aromatic N) is 1. The SMILES string of the molecule is COC(=O)[C@H](C)N(C(=O)Cc1c[nH]c2ccccc12)C1CC1. The Morgan fingerprint density at radius 1 is 1.36 bits per heavy atom. The van der Waals surface area contributed by atoms with Gasteiger partial charge in [0, 0.05) is 23.1 Å². The van der Waals surface area contributed by atoms with E-state index in [4.69, 9.17) is 4.74 Å². The fourth-order valence-electron chi connectivity index (χ4n) is 2.90. The molecular weight excluding hydrogens is 280 g/mol. The van der Waals surface area contributed by atoms with Gasteiger partial charge in [-0.25, -0.2) is 4.79 Å². The van der Waals surface area contributed by atoms with Gasteiger partial charge in [-0.05, 0) is 31.4 Å². The zero-order valence-electron chi connectivity index (χ0n) is 12.8. The Morgan fingerprint density at radius 2 is 2.09 bits per heavy atom. The number of methoxy groups -OCH3 is 1. The molecule has 0 unspecified atom stereocenters. The van der Waals surface area contributed by atoms with Crippen molar-refractivity contribution in [2.45, 2.75) is 38.3 Å². The van der Waals surface area contributed by atoms with Crippen molar-refractivity contribution in [3.8, 4) is 0 Å². The number of ether oxygens (including phenoxy) is 1. The zero-order valence-corrected chi connectivity index (χ0v) is 12.8. The normalized spacial score (nSPS) is 15.5. The van der Waals surface area contributed by atoms with Crippen LogP contribution in [0.1, 0.15) is 25.3 Å². The number of benzene rings is 1. The van der Waals surface area contributed by atoms with Gasteiger partial charge in [0.2, 0.25) is 5.91 Å². The zero-order chi connectivity index (χ0) is 15.7. The Bertz CT molecular complexity index is 703. The van der Waals surface area contributed by atoms with Crippen LogP contribution in [0.25, 0.3) is 10.9 Å². The van der Waals surface area contributed by atoms with Crippen LogP contribution in [-0.2, 0) is 20.7 Å². The van der Waals surface area contributed by atoms with Crippen molar-refractivity contribution in [2.24, 2.45) is 0 Å². The lowest BCUT2D eigenvalue weighted by Gasteiger charge is -2.27. The van der Waals surface area contributed by atoms with E-state index in [9.17, 15) is 9.59 Å². The molecule has 5 nitrogen and oxygen atoms in total. The van der Waals surface area contributed by atoms with Crippen LogP contribution in [0.4, 0.5) is 0 Å². The van der Waals surface area contributed by atoms with Gasteiger partial charge in [-0.2, -0.15) is 0 Å². The van der Waals surface area contributed by atoms with Crippen molar-refractivity contribution >= 4 is 22.8 Å². The summed E-state index contributed by atoms with van der Waals surface area (Å²) in [5.41, 5.74) is 1.98. The van der Waals surface area contributed by atoms with Crippen LogP contribution in [0.5, 0.6) is 0 Å². The summed E-state index contributed by atoms with van der Waals surface area (Å²) in [6.07, 6.45) is 4.08. The molecule has 1 aliphatic carbocycles. The maximum Gasteiger partial charge on any atom is 0.328 e. The van der Waals surface area contributed by atoms with Crippen molar-refractivity contribution in [3.63, 3.8) is 0 Å². The summed E-state index contributed by atoms with van der Waals surface area (Å²) in [5.74, 6) is -0.385. The van der Waals surface area contributed by atoms with Crippen LogP contribution >= 0.6 is 0 Å². The fourth-order valence-corrected chi connectivity index (χ4v) is 2.90. The lowest BCUT2D eigenvalue weighted by atomic mass is 10.1. The third-order valence-corrected chi connectivity index (χ3v) is 4.20. The first-order chi connectivity index (χ1) is 10.6. The molecule has 5 heteroatoms. The molecule has 0 radical (unpaired) electrons. The molecule has 0 spiro atoms. The number of fused-ring (bicyclic) bond motifs is 1. The van der Waals surface area contributed by atoms with Gasteiger partial charge in [-0.15, -0.1) is 0 Å². The summed E-state index contributed by atoms with van der Waals surface area (Å²) < 4.78 is 4.79. The van der Waals surface area contributed by atoms with E-state index in [0.717, 1.165) is 29.3 Å². The number of esters is 1. The van der Waals surface area contributed by atoms with Crippen LogP contribution in [0, 0.1) is 0 Å². The average Bonchev–Trinajstić information content (AvgIpc) is 3.28. The van der Waals surface area contributed by atoms with Gasteiger partial charge in [0.15, 0.2) is 0 Å². The quantitative estimate of drug-likeness (QED) is 0.862. The standard InChI is InChI=1S/C17H20N2O3/c1-11(17(21)22-2)19(13-7-8-13)16(20)9-12-10-18-15-6-4-3-5-14(12)15/h3-6,10-11,13,18H,7-9H2,1-2H3/t11-/m0/s1. The Kier molecular flexibility index (Phi) is 3.88. The van der Waals surface area contributed by atoms with Gasteiger partial charge in [-0.1, -0.05) is 18.2 Å². The van der Waals surface area contributed by atoms with E-state index >= 15 is 0 Å². The maximum atomic E-state index is 12.7. The Balaban J connectivity index is 1.81. The van der Waals surface area contributed by atoms with Gasteiger partial charge in [0.1, 0.15) is 6.04 Å². The van der Waals surface area contributed by atoms with E-state index in [1.807, 2.05) is 30.5 Å². The molecule has 1 saturated carbocycles. The van der Waals surface area contributed by atoms with Crippen LogP contribution < -0.4 is 0 Å². The number of carbonyl (C=O) groups excluding carboxylic acids is 2. The first kappa shape index (κ1) is 14.6. The second kappa shape index (κ2) is 5.83. The molecule has 116 valence electrons. The molecule has 0 bridgehead atoms. The van der Waals surface area contributed by atoms with Gasteiger partial charge >= 0.3 is 5.97 Å². The van der Waals surface area contributed by atoms with Crippen molar-refractivity contribution in [2.75, 3.05) is 7.11 Å². The highest BCUT2D eigenvalue weighted by Gasteiger charge is 2.38. The van der Waals surface area contributed by atoms with E-state index < -0.39 is 6.04 Å². The molecule has 1 fully saturated rings. The molecule has 1 N–H and O–H groups in total. The third kappa shape index (κ3) is 2.71. The van der Waals surface area contributed by atoms with E-state index in [-0.39, 0.29) is 17.9 Å². The Morgan fingerprint density at radius 3 is 2.77 bits per heavy atom. The second-order valence-corrected chi connectivity index (χ2v) is 5.77. The lowest BCUT2D eigenvalue weighted by Crippen LogP contribution is -2.45. The number of rotatable bonds is 5. The van der Waals surface area contributed by atoms with Gasteiger partial charge < -0.3 is 14.6 Å². The maximum absolute atomic E-state index is 12.7. The number of amides is 1. The number of hydrogen-bond donors (Lipinski definition) is 1. The molecule has 2 aromatic rings. The first-order valence-corrected chi connectivity index (χ1v) is 7.55. The number of H-pyrrole nitrogens is 1. The molecule has 22 heavy (non-hydrogen) atoms. The number of nitrogens with one attached hydrogen (secondary N) is 1. The number of aromatic amines is 1. The molecular formula is C17H20N2O3. The second-order valence-electron chi connectivity index (χ2n) is 5.77. The van der Waals surface area contributed by atoms with Crippen LogP contribution in [0.3, 0.4) is 0 Å². The number of para-hydroxylation sites is 1. The van der Waals surface area contributed by atoms with Crippen LogP contribution in [0.2, 0.25) is 0 Å². The van der Waals surface area contributed by atoms with Crippen molar-refractivity contribution in [1.82, 2.24) is 9.88 Å². The minimum absolute atomic E-state index is 0.0230. The number of aromatic nitrogens is 1. The van der Waals surface area contributed by atoms with E-state index in [0.29, 0.717) is 6.42 Å². The molecule has 1 heterocycles. The smallest absolute Gasteiger partial charge is 0.328 e. The van der Waals surface area contributed by atoms with E-state index in [1.165, 1.54) is 7.11 Å². The van der Waals surface area contributed by atoms with E-state index in [2.05, 4.69) is 4.98 Å². The Labute approximate surface area is 129 Å². The fraction of sp³-hybridized carbons (Fsp3) is 0.412. The summed E-state index contributed by atoms with van der Waals surface area (Å²) in [5, 5.41) is 1.05. The number of carbonyl (C=O) groups is 2. The van der Waals surface area contributed by atoms with Gasteiger partial charge in [0.25, 0.3) is 0 Å². The monoisotopic (exact) mass is 300 g/mol. The minimum atomic E-state index is -0.532. The Hall–Kier alpha value is -2.30. The largest absolute Gasteiger partial charge is 0.467 e. The predicted octanol–water partition coefficient (Wildman–Crippen LogP) is 2.26. The van der Waals surface area contributed by atoms with Crippen LogP contribution in [0.15, 0.2) is 30.5 Å². The summed E-state index contributed by atoms with van der Waals surface area (Å²) in [6, 6.07) is 7.54. The lowest BCUT2D eigenvalue weighted by molar-refractivity contribution is -0.152. The summed E-state index contributed by atoms with van der Waals surface area (Å²) in [6.45, 7) is 1.73. The van der Waals surface area contributed by atoms with E-state index in [1.54, 1.807) is 11.8 Å².